The zero-order chi connectivity index (χ0) is 38.2. The Hall–Kier alpha value is -5.47. The fraction of sp³-hybridized carbons (Fsp3) is 0.341. The number of oxazole rings is 2. The van der Waals surface area contributed by atoms with Crippen LogP contribution in [-0.4, -0.2) is 59.7 Å². The van der Waals surface area contributed by atoms with Crippen LogP contribution in [0.15, 0.2) is 69.5 Å². The minimum Gasteiger partial charge on any atom is -0.460 e. The Morgan fingerprint density at radius 3 is 1.84 bits per heavy atom. The van der Waals surface area contributed by atoms with Crippen LogP contribution in [0.4, 0.5) is 17.6 Å². The number of nitrogens with one attached hydrogen (secondary N) is 1. The van der Waals surface area contributed by atoms with Crippen molar-refractivity contribution >= 4 is 28.2 Å². The lowest BCUT2D eigenvalue weighted by Crippen LogP contribution is -2.32. The molecule has 0 radical (unpaired) electrons. The molecule has 8 rings (SSSR count). The second-order valence-corrected chi connectivity index (χ2v) is 13.8. The zero-order valence-corrected chi connectivity index (χ0v) is 30.2. The first kappa shape index (κ1) is 36.5. The van der Waals surface area contributed by atoms with E-state index < -0.39 is 25.2 Å². The summed E-state index contributed by atoms with van der Waals surface area (Å²) < 4.78 is 81.0. The molecular formula is C41H38F4N4O6. The minimum absolute atomic E-state index is 0.0727. The molecule has 0 aliphatic carbocycles. The largest absolute Gasteiger partial charge is 0.460 e. The predicted octanol–water partition coefficient (Wildman–Crippen LogP) is 9.18. The molecule has 2 saturated heterocycles. The molecule has 6 aromatic rings. The van der Waals surface area contributed by atoms with E-state index in [-0.39, 0.29) is 35.1 Å². The normalized spacial score (nSPS) is 16.3. The number of hydrogen-bond acceptors (Lipinski definition) is 10. The number of alkyl halides is 4. The summed E-state index contributed by atoms with van der Waals surface area (Å²) in [5, 5.41) is 3.06. The van der Waals surface area contributed by atoms with E-state index in [1.165, 1.54) is 18.2 Å². The average molecular weight is 759 g/mol. The van der Waals surface area contributed by atoms with E-state index in [2.05, 4.69) is 10.2 Å². The number of carbonyl (C=O) groups excluding carboxylic acids is 1. The van der Waals surface area contributed by atoms with Gasteiger partial charge >= 0.3 is 19.2 Å². The van der Waals surface area contributed by atoms with Crippen LogP contribution in [-0.2, 0) is 22.7 Å². The molecule has 10 nitrogen and oxygen atoms in total. The van der Waals surface area contributed by atoms with E-state index in [4.69, 9.17) is 33.0 Å². The Balaban J connectivity index is 1.11. The first-order valence-electron chi connectivity index (χ1n) is 18.2. The van der Waals surface area contributed by atoms with Crippen molar-refractivity contribution in [3.63, 3.8) is 0 Å². The van der Waals surface area contributed by atoms with Crippen LogP contribution >= 0.6 is 0 Å². The van der Waals surface area contributed by atoms with Crippen LogP contribution in [0, 0.1) is 13.8 Å². The van der Waals surface area contributed by atoms with Crippen molar-refractivity contribution in [2.45, 2.75) is 71.9 Å². The summed E-state index contributed by atoms with van der Waals surface area (Å²) in [7, 11) is 0. The van der Waals surface area contributed by atoms with Gasteiger partial charge in [-0.15, -0.1) is 0 Å². The van der Waals surface area contributed by atoms with Crippen LogP contribution in [0.1, 0.15) is 47.9 Å². The molecule has 0 bridgehead atoms. The molecule has 14 heteroatoms. The lowest BCUT2D eigenvalue weighted by Gasteiger charge is -2.17. The van der Waals surface area contributed by atoms with Gasteiger partial charge < -0.3 is 28.4 Å². The molecule has 1 atom stereocenters. The van der Waals surface area contributed by atoms with Crippen molar-refractivity contribution in [1.82, 2.24) is 20.2 Å². The first-order valence-corrected chi connectivity index (χ1v) is 18.2. The van der Waals surface area contributed by atoms with Gasteiger partial charge in [0.05, 0.1) is 0 Å². The van der Waals surface area contributed by atoms with Crippen LogP contribution in [0.25, 0.3) is 56.2 Å². The Labute approximate surface area is 313 Å². The van der Waals surface area contributed by atoms with E-state index in [1.807, 2.05) is 50.2 Å². The van der Waals surface area contributed by atoms with Crippen molar-refractivity contribution in [3.8, 4) is 45.5 Å². The predicted molar refractivity (Wildman–Crippen MR) is 196 cm³/mol. The summed E-state index contributed by atoms with van der Waals surface area (Å²) in [6, 6.07) is 17.1. The van der Waals surface area contributed by atoms with E-state index in [9.17, 15) is 22.4 Å². The van der Waals surface area contributed by atoms with Crippen LogP contribution < -0.4 is 14.8 Å². The van der Waals surface area contributed by atoms with E-state index >= 15 is 0 Å². The monoisotopic (exact) mass is 758 g/mol. The van der Waals surface area contributed by atoms with Crippen molar-refractivity contribution < 1.29 is 45.4 Å². The van der Waals surface area contributed by atoms with Crippen molar-refractivity contribution in [2.24, 2.45) is 0 Å². The number of likely N-dealkylation sites (tertiary alicyclic amines) is 1. The van der Waals surface area contributed by atoms with Crippen molar-refractivity contribution in [3.05, 3.63) is 82.9 Å². The number of benzene rings is 4. The molecule has 0 unspecified atom stereocenters. The smallest absolute Gasteiger partial charge is 0.387 e. The number of rotatable bonds is 12. The SMILES string of the molecule is Cc1c(-c2nc3cc(COC(=O)[C@@H]4CCCN4)c(OC(F)F)cc3o2)cccc1-c1cccc(-c2nc3cc(CN4CCCC4)c(OC(F)F)cc3o2)c1C. The topological polar surface area (TPSA) is 112 Å². The molecule has 4 heterocycles. The zero-order valence-electron chi connectivity index (χ0n) is 30.2. The maximum Gasteiger partial charge on any atom is 0.387 e. The minimum atomic E-state index is -3.10. The molecular weight excluding hydrogens is 720 g/mol. The van der Waals surface area contributed by atoms with Crippen LogP contribution in [0.2, 0.25) is 0 Å². The van der Waals surface area contributed by atoms with Gasteiger partial charge in [-0.25, -0.2) is 9.97 Å². The molecule has 2 aliphatic rings. The van der Waals surface area contributed by atoms with Gasteiger partial charge in [-0.1, -0.05) is 24.3 Å². The molecule has 0 amide bonds. The van der Waals surface area contributed by atoms with E-state index in [0.29, 0.717) is 53.1 Å². The number of hydrogen-bond donors (Lipinski definition) is 1. The quantitative estimate of drug-likeness (QED) is 0.0958. The molecule has 2 aliphatic heterocycles. The number of carbonyl (C=O) groups is 1. The summed E-state index contributed by atoms with van der Waals surface area (Å²) in [4.78, 5) is 24.2. The highest BCUT2D eigenvalue weighted by Gasteiger charge is 2.26. The molecule has 55 heavy (non-hydrogen) atoms. The second-order valence-electron chi connectivity index (χ2n) is 13.8. The molecule has 286 valence electrons. The molecule has 2 fully saturated rings. The summed E-state index contributed by atoms with van der Waals surface area (Å²) in [5.41, 5.74) is 7.22. The first-order chi connectivity index (χ1) is 26.6. The second kappa shape index (κ2) is 15.3. The maximum absolute atomic E-state index is 13.4. The van der Waals surface area contributed by atoms with Gasteiger partial charge in [-0.3, -0.25) is 9.69 Å². The Morgan fingerprint density at radius 2 is 1.31 bits per heavy atom. The fourth-order valence-corrected chi connectivity index (χ4v) is 7.51. The van der Waals surface area contributed by atoms with Gasteiger partial charge in [0.25, 0.3) is 0 Å². The Kier molecular flexibility index (Phi) is 10.2. The molecule has 1 N–H and O–H groups in total. The molecule has 4 aromatic carbocycles. The van der Waals surface area contributed by atoms with Gasteiger partial charge in [0.15, 0.2) is 11.2 Å². The molecule has 2 aromatic heterocycles. The number of esters is 1. The van der Waals surface area contributed by atoms with Crippen molar-refractivity contribution in [2.75, 3.05) is 19.6 Å². The van der Waals surface area contributed by atoms with Gasteiger partial charge in [0.1, 0.15) is 35.2 Å². The highest BCUT2D eigenvalue weighted by atomic mass is 19.3. The number of aromatic nitrogens is 2. The van der Waals surface area contributed by atoms with Gasteiger partial charge in [-0.2, -0.15) is 17.6 Å². The van der Waals surface area contributed by atoms with Gasteiger partial charge in [-0.05, 0) is 106 Å². The lowest BCUT2D eigenvalue weighted by molar-refractivity contribution is -0.147. The number of ether oxygens (including phenoxy) is 3. The summed E-state index contributed by atoms with van der Waals surface area (Å²) in [6.07, 6.45) is 3.62. The van der Waals surface area contributed by atoms with Gasteiger partial charge in [0.2, 0.25) is 11.8 Å². The number of fused-ring (bicyclic) bond motifs is 2. The fourth-order valence-electron chi connectivity index (χ4n) is 7.51. The molecule has 0 saturated carbocycles. The van der Waals surface area contributed by atoms with E-state index in [0.717, 1.165) is 60.2 Å². The number of halogens is 4. The van der Waals surface area contributed by atoms with Crippen molar-refractivity contribution in [1.29, 1.82) is 0 Å². The summed E-state index contributed by atoms with van der Waals surface area (Å²) >= 11 is 0. The van der Waals surface area contributed by atoms with Crippen LogP contribution in [0.5, 0.6) is 11.5 Å². The summed E-state index contributed by atoms with van der Waals surface area (Å²) in [5.74, 6) is 0.0470. The third-order valence-electron chi connectivity index (χ3n) is 10.3. The maximum atomic E-state index is 13.4. The standard InChI is InChI=1S/C41H38F4N4O6/c1-22-26(8-5-10-28(22)37-47-31-16-24(20-49-14-3-4-15-49)33(54-40(42)43)18-35(31)52-37)27-9-6-11-29(23(27)2)38-48-32-17-25(21-51-39(50)30-12-7-13-46-30)34(55-41(44)45)19-36(32)53-38/h5-6,8-11,16-19,30,40-41,46H,3-4,7,12-15,20-21H2,1-2H3/t30-/m0/s1. The van der Waals surface area contributed by atoms with Gasteiger partial charge in [0, 0.05) is 40.9 Å². The third kappa shape index (κ3) is 7.61. The Morgan fingerprint density at radius 1 is 0.782 bits per heavy atom. The van der Waals surface area contributed by atoms with E-state index in [1.54, 1.807) is 6.07 Å². The molecule has 0 spiro atoms. The third-order valence-corrected chi connectivity index (χ3v) is 10.3. The Bertz CT molecular complexity index is 2360. The lowest BCUT2D eigenvalue weighted by atomic mass is 9.91. The average Bonchev–Trinajstić information content (AvgIpc) is 3.99. The number of nitrogens with zero attached hydrogens (tertiary/aromatic N) is 3. The summed E-state index contributed by atoms with van der Waals surface area (Å²) in [6.45, 7) is 0.510. The highest BCUT2D eigenvalue weighted by Crippen LogP contribution is 2.39. The highest BCUT2D eigenvalue weighted by molar-refractivity contribution is 5.85. The van der Waals surface area contributed by atoms with Crippen LogP contribution in [0.3, 0.4) is 0 Å².